The van der Waals surface area contributed by atoms with Crippen LogP contribution in [0.2, 0.25) is 0 Å². The summed E-state index contributed by atoms with van der Waals surface area (Å²) in [6, 6.07) is 11.8. The minimum atomic E-state index is 0.325. The summed E-state index contributed by atoms with van der Waals surface area (Å²) >= 11 is 1.73. The van der Waals surface area contributed by atoms with E-state index in [0.29, 0.717) is 36.6 Å². The number of nitrogens with zero attached hydrogens (tertiary/aromatic N) is 4. The Morgan fingerprint density at radius 2 is 2.03 bits per heavy atom. The van der Waals surface area contributed by atoms with Gasteiger partial charge in [-0.2, -0.15) is 0 Å². The average molecular weight is 441 g/mol. The lowest BCUT2D eigenvalue weighted by molar-refractivity contribution is 0.0672. The van der Waals surface area contributed by atoms with Crippen molar-refractivity contribution in [3.8, 4) is 5.88 Å². The average Bonchev–Trinajstić information content (AvgIpc) is 3.67. The van der Waals surface area contributed by atoms with Crippen LogP contribution in [0.1, 0.15) is 24.0 Å². The van der Waals surface area contributed by atoms with E-state index in [2.05, 4.69) is 21.4 Å². The standard InChI is InChI=1S/C22H24N4O4S/c1-27-19-10-9-17(13-23-19)24-22(15-7-8-15)31-14-16-5-3-4-6-18(16)20(25-28-2)21-26-30-12-11-29-21/h3-6,9-10,13,15H,7-8,11-12,14H2,1-2H3. The first-order valence-electron chi connectivity index (χ1n) is 10.0. The van der Waals surface area contributed by atoms with Crippen LogP contribution in [0.25, 0.3) is 0 Å². The van der Waals surface area contributed by atoms with E-state index in [0.717, 1.165) is 40.5 Å². The van der Waals surface area contributed by atoms with E-state index in [4.69, 9.17) is 24.1 Å². The van der Waals surface area contributed by atoms with Gasteiger partial charge in [0.1, 0.15) is 13.7 Å². The summed E-state index contributed by atoms with van der Waals surface area (Å²) < 4.78 is 10.8. The third-order valence-electron chi connectivity index (χ3n) is 4.69. The number of aliphatic imine (C=N–C) groups is 1. The first-order valence-corrected chi connectivity index (χ1v) is 11.0. The first-order chi connectivity index (χ1) is 15.3. The molecule has 162 valence electrons. The fourth-order valence-electron chi connectivity index (χ4n) is 3.00. The number of oxime groups is 2. The summed E-state index contributed by atoms with van der Waals surface area (Å²) in [5.41, 5.74) is 3.32. The molecule has 1 aromatic carbocycles. The van der Waals surface area contributed by atoms with Gasteiger partial charge in [0.15, 0.2) is 12.3 Å². The molecule has 0 spiro atoms. The molecule has 0 radical (unpaired) electrons. The van der Waals surface area contributed by atoms with Crippen LogP contribution in [0.15, 0.2) is 57.9 Å². The van der Waals surface area contributed by atoms with Gasteiger partial charge in [0, 0.05) is 23.3 Å². The van der Waals surface area contributed by atoms with Crippen molar-refractivity contribution < 1.29 is 19.1 Å². The Kier molecular flexibility index (Phi) is 7.03. The highest BCUT2D eigenvalue weighted by Crippen LogP contribution is 2.38. The highest BCUT2D eigenvalue weighted by molar-refractivity contribution is 8.13. The summed E-state index contributed by atoms with van der Waals surface area (Å²) in [5.74, 6) is 2.14. The maximum absolute atomic E-state index is 5.64. The molecule has 8 nitrogen and oxygen atoms in total. The number of pyridine rings is 1. The molecule has 1 fully saturated rings. The summed E-state index contributed by atoms with van der Waals surface area (Å²) in [6.07, 6.45) is 4.06. The van der Waals surface area contributed by atoms with Crippen molar-refractivity contribution in [2.45, 2.75) is 18.6 Å². The second-order valence-electron chi connectivity index (χ2n) is 6.93. The van der Waals surface area contributed by atoms with E-state index in [-0.39, 0.29) is 0 Å². The Balaban J connectivity index is 1.55. The molecule has 2 aliphatic rings. The Hall–Kier alpha value is -3.07. The smallest absolute Gasteiger partial charge is 0.280 e. The number of aromatic nitrogens is 1. The van der Waals surface area contributed by atoms with Gasteiger partial charge < -0.3 is 19.1 Å². The third-order valence-corrected chi connectivity index (χ3v) is 5.87. The zero-order valence-electron chi connectivity index (χ0n) is 17.5. The minimum Gasteiger partial charge on any atom is -0.481 e. The molecule has 2 aromatic rings. The molecule has 9 heteroatoms. The number of methoxy groups -OCH3 is 1. The molecule has 0 bridgehead atoms. The normalized spacial score (nSPS) is 16.8. The van der Waals surface area contributed by atoms with Gasteiger partial charge in [-0.05, 0) is 29.6 Å². The lowest BCUT2D eigenvalue weighted by atomic mass is 10.0. The molecule has 1 aliphatic carbocycles. The number of thioether (sulfide) groups is 1. The number of benzene rings is 1. The van der Waals surface area contributed by atoms with Crippen LogP contribution in [0.4, 0.5) is 5.69 Å². The van der Waals surface area contributed by atoms with Crippen molar-refractivity contribution in [2.75, 3.05) is 27.4 Å². The summed E-state index contributed by atoms with van der Waals surface area (Å²) in [6.45, 7) is 0.843. The molecule has 1 saturated carbocycles. The SMILES string of the molecule is CON=C(C1=NOCCO1)c1ccccc1CSC(=Nc1ccc(OC)nc1)C1CC1. The zero-order chi connectivity index (χ0) is 21.5. The second-order valence-corrected chi connectivity index (χ2v) is 7.93. The Labute approximate surface area is 185 Å². The molecule has 4 rings (SSSR count). The van der Waals surface area contributed by atoms with Crippen molar-refractivity contribution in [1.29, 1.82) is 0 Å². The predicted molar refractivity (Wildman–Crippen MR) is 121 cm³/mol. The topological polar surface area (TPSA) is 86.9 Å². The minimum absolute atomic E-state index is 0.325. The van der Waals surface area contributed by atoms with E-state index < -0.39 is 0 Å². The van der Waals surface area contributed by atoms with Gasteiger partial charge >= 0.3 is 0 Å². The van der Waals surface area contributed by atoms with E-state index in [1.807, 2.05) is 30.3 Å². The van der Waals surface area contributed by atoms with E-state index in [9.17, 15) is 0 Å². The molecule has 0 unspecified atom stereocenters. The van der Waals surface area contributed by atoms with Crippen LogP contribution in [0, 0.1) is 5.92 Å². The molecular formula is C22H24N4O4S. The summed E-state index contributed by atoms with van der Waals surface area (Å²) in [4.78, 5) is 19.3. The number of hydrogen-bond acceptors (Lipinski definition) is 9. The fraction of sp³-hybridized carbons (Fsp3) is 0.364. The Morgan fingerprint density at radius 3 is 2.71 bits per heavy atom. The van der Waals surface area contributed by atoms with Crippen molar-refractivity contribution >= 4 is 34.1 Å². The largest absolute Gasteiger partial charge is 0.481 e. The third kappa shape index (κ3) is 5.55. The monoisotopic (exact) mass is 440 g/mol. The summed E-state index contributed by atoms with van der Waals surface area (Å²) in [7, 11) is 3.10. The highest BCUT2D eigenvalue weighted by atomic mass is 32.2. The maximum atomic E-state index is 5.64. The van der Waals surface area contributed by atoms with Gasteiger partial charge in [-0.15, -0.1) is 11.8 Å². The summed E-state index contributed by atoms with van der Waals surface area (Å²) in [5, 5.41) is 9.28. The van der Waals surface area contributed by atoms with Crippen LogP contribution in [0.3, 0.4) is 0 Å². The number of hydrogen-bond donors (Lipinski definition) is 0. The van der Waals surface area contributed by atoms with Gasteiger partial charge in [-0.25, -0.2) is 9.98 Å². The first kappa shape index (κ1) is 21.2. The van der Waals surface area contributed by atoms with E-state index in [1.54, 1.807) is 25.1 Å². The number of rotatable bonds is 8. The fourth-order valence-corrected chi connectivity index (χ4v) is 4.20. The van der Waals surface area contributed by atoms with E-state index in [1.165, 1.54) is 7.11 Å². The van der Waals surface area contributed by atoms with Crippen molar-refractivity contribution in [3.05, 3.63) is 53.7 Å². The molecule has 0 N–H and O–H groups in total. The molecule has 1 aromatic heterocycles. The van der Waals surface area contributed by atoms with Gasteiger partial charge in [0.2, 0.25) is 5.88 Å². The molecule has 0 amide bonds. The molecule has 31 heavy (non-hydrogen) atoms. The lowest BCUT2D eigenvalue weighted by Gasteiger charge is -2.16. The highest BCUT2D eigenvalue weighted by Gasteiger charge is 2.29. The van der Waals surface area contributed by atoms with Crippen LogP contribution in [-0.2, 0) is 20.2 Å². The van der Waals surface area contributed by atoms with Crippen molar-refractivity contribution in [1.82, 2.24) is 4.98 Å². The second kappa shape index (κ2) is 10.3. The maximum Gasteiger partial charge on any atom is 0.280 e. The van der Waals surface area contributed by atoms with Gasteiger partial charge in [-0.1, -0.05) is 29.4 Å². The van der Waals surface area contributed by atoms with Crippen molar-refractivity contribution in [2.24, 2.45) is 21.2 Å². The molecule has 1 aliphatic heterocycles. The molecule has 2 heterocycles. The Morgan fingerprint density at radius 1 is 1.16 bits per heavy atom. The number of ether oxygens (including phenoxy) is 2. The van der Waals surface area contributed by atoms with Crippen LogP contribution < -0.4 is 4.74 Å². The van der Waals surface area contributed by atoms with Gasteiger partial charge in [-0.3, -0.25) is 0 Å². The lowest BCUT2D eigenvalue weighted by Crippen LogP contribution is -2.26. The molecule has 0 saturated heterocycles. The molecular weight excluding hydrogens is 416 g/mol. The van der Waals surface area contributed by atoms with Crippen LogP contribution in [-0.4, -0.2) is 49.1 Å². The predicted octanol–water partition coefficient (Wildman–Crippen LogP) is 4.17. The van der Waals surface area contributed by atoms with Gasteiger partial charge in [0.05, 0.1) is 24.0 Å². The van der Waals surface area contributed by atoms with Crippen LogP contribution >= 0.6 is 11.8 Å². The zero-order valence-corrected chi connectivity index (χ0v) is 18.3. The molecule has 0 atom stereocenters. The van der Waals surface area contributed by atoms with Crippen molar-refractivity contribution in [3.63, 3.8) is 0 Å². The van der Waals surface area contributed by atoms with Crippen LogP contribution in [0.5, 0.6) is 5.88 Å². The quantitative estimate of drug-likeness (QED) is 0.348. The van der Waals surface area contributed by atoms with E-state index >= 15 is 0 Å². The van der Waals surface area contributed by atoms with Gasteiger partial charge in [0.25, 0.3) is 5.90 Å². The Bertz CT molecular complexity index is 987.